The van der Waals surface area contributed by atoms with Crippen LogP contribution in [0, 0.1) is 0 Å². The molecule has 0 fully saturated rings. The Bertz CT molecular complexity index is 544. The van der Waals surface area contributed by atoms with Crippen LogP contribution >= 0.6 is 11.3 Å². The zero-order valence-corrected chi connectivity index (χ0v) is 7.45. The number of hydrogen-bond acceptors (Lipinski definition) is 4. The van der Waals surface area contributed by atoms with Crippen LogP contribution in [-0.4, -0.2) is 15.2 Å². The average Bonchev–Trinajstić information content (AvgIpc) is 2.63. The molecule has 0 aliphatic carbocycles. The first kappa shape index (κ1) is 8.07. The van der Waals surface area contributed by atoms with Crippen molar-refractivity contribution < 1.29 is 10.2 Å². The molecule has 1 aromatic heterocycles. The van der Waals surface area contributed by atoms with E-state index in [1.165, 1.54) is 11.3 Å². The van der Waals surface area contributed by atoms with E-state index < -0.39 is 0 Å². The highest BCUT2D eigenvalue weighted by Gasteiger charge is 1.98. The third kappa shape index (κ3) is 1.15. The summed E-state index contributed by atoms with van der Waals surface area (Å²) in [6.45, 7) is 0. The van der Waals surface area contributed by atoms with E-state index in [9.17, 15) is 0 Å². The minimum atomic E-state index is 0.557. The van der Waals surface area contributed by atoms with Gasteiger partial charge in [0.25, 0.3) is 0 Å². The Labute approximate surface area is 77.9 Å². The predicted molar refractivity (Wildman–Crippen MR) is 53.1 cm³/mol. The Kier molecular flexibility index (Phi) is 1.90. The van der Waals surface area contributed by atoms with Crippen LogP contribution in [0.25, 0.3) is 22.7 Å². The summed E-state index contributed by atoms with van der Waals surface area (Å²) < 4.78 is 0.992. The smallest absolute Gasteiger partial charge is 0.0922 e. The van der Waals surface area contributed by atoms with E-state index in [0.29, 0.717) is 10.4 Å². The number of hydrogen-bond donors (Lipinski definition) is 2. The summed E-state index contributed by atoms with van der Waals surface area (Å²) >= 11 is 1.50. The molecule has 0 amide bonds. The minimum absolute atomic E-state index is 0.557. The van der Waals surface area contributed by atoms with Gasteiger partial charge in [-0.3, -0.25) is 0 Å². The molecule has 1 aromatic carbocycles. The summed E-state index contributed by atoms with van der Waals surface area (Å²) in [6.07, 6.45) is 1.92. The second-order valence-corrected chi connectivity index (χ2v) is 3.41. The van der Waals surface area contributed by atoms with Crippen molar-refractivity contribution in [2.24, 2.45) is 0 Å². The second kappa shape index (κ2) is 3.06. The summed E-state index contributed by atoms with van der Waals surface area (Å²) in [5.41, 5.74) is 2.43. The fraction of sp³-hybridized carbons (Fsp3) is 0. The van der Waals surface area contributed by atoms with Gasteiger partial charge in [0.2, 0.25) is 0 Å². The van der Waals surface area contributed by atoms with Crippen molar-refractivity contribution in [2.75, 3.05) is 0 Å². The molecule has 0 spiro atoms. The molecule has 13 heavy (non-hydrogen) atoms. The van der Waals surface area contributed by atoms with Crippen LogP contribution in [0.3, 0.4) is 0 Å². The molecule has 0 aliphatic rings. The van der Waals surface area contributed by atoms with Gasteiger partial charge in [0, 0.05) is 10.4 Å². The summed E-state index contributed by atoms with van der Waals surface area (Å²) in [5, 5.41) is 19.0. The Morgan fingerprint density at radius 1 is 1.23 bits per heavy atom. The maximum Gasteiger partial charge on any atom is 0.0922 e. The van der Waals surface area contributed by atoms with E-state index in [1.54, 1.807) is 11.6 Å². The normalized spacial score (nSPS) is 14.2. The van der Waals surface area contributed by atoms with Crippen LogP contribution in [-0.2, 0) is 0 Å². The van der Waals surface area contributed by atoms with E-state index in [-0.39, 0.29) is 0 Å². The monoisotopic (exact) mass is 193 g/mol. The largest absolute Gasteiger partial charge is 0.515 e. The molecule has 0 saturated heterocycles. The first-order chi connectivity index (χ1) is 6.36. The molecule has 0 bridgehead atoms. The molecule has 0 saturated carbocycles. The van der Waals surface area contributed by atoms with E-state index >= 15 is 0 Å². The lowest BCUT2D eigenvalue weighted by Gasteiger charge is -1.89. The third-order valence-corrected chi connectivity index (χ3v) is 2.64. The highest BCUT2D eigenvalue weighted by molar-refractivity contribution is 7.16. The van der Waals surface area contributed by atoms with Gasteiger partial charge in [0.15, 0.2) is 0 Å². The van der Waals surface area contributed by atoms with Crippen LogP contribution in [0.5, 0.6) is 0 Å². The Morgan fingerprint density at radius 3 is 2.77 bits per heavy atom. The second-order valence-electron chi connectivity index (χ2n) is 2.53. The molecule has 2 rings (SSSR count). The lowest BCUT2D eigenvalue weighted by atomic mass is 10.2. The summed E-state index contributed by atoms with van der Waals surface area (Å²) in [5.74, 6) is 0. The van der Waals surface area contributed by atoms with Crippen molar-refractivity contribution in [3.63, 3.8) is 0 Å². The summed E-state index contributed by atoms with van der Waals surface area (Å²) in [4.78, 5) is 4.09. The van der Waals surface area contributed by atoms with Gasteiger partial charge in [-0.05, 0) is 12.1 Å². The molecule has 3 nitrogen and oxygen atoms in total. The fourth-order valence-corrected chi connectivity index (χ4v) is 1.91. The SMILES string of the molecule is OC=c1ccc2scnc2c1=CO. The van der Waals surface area contributed by atoms with Crippen LogP contribution in [0.1, 0.15) is 0 Å². The van der Waals surface area contributed by atoms with E-state index in [2.05, 4.69) is 4.98 Å². The van der Waals surface area contributed by atoms with E-state index in [4.69, 9.17) is 10.2 Å². The summed E-state index contributed by atoms with van der Waals surface area (Å²) in [7, 11) is 0. The third-order valence-electron chi connectivity index (χ3n) is 1.84. The van der Waals surface area contributed by atoms with E-state index in [0.717, 1.165) is 22.7 Å². The highest BCUT2D eigenvalue weighted by Crippen LogP contribution is 2.11. The number of aromatic nitrogens is 1. The molecule has 66 valence electrons. The quantitative estimate of drug-likeness (QED) is 0.653. The van der Waals surface area contributed by atoms with Gasteiger partial charge < -0.3 is 10.2 Å². The first-order valence-corrected chi connectivity index (χ1v) is 4.56. The van der Waals surface area contributed by atoms with Crippen LogP contribution in [0.15, 0.2) is 17.6 Å². The molecular formula is C9H7NO2S. The number of rotatable bonds is 0. The van der Waals surface area contributed by atoms with Crippen molar-refractivity contribution in [3.8, 4) is 0 Å². The number of aliphatic hydroxyl groups excluding tert-OH is 2. The molecule has 0 radical (unpaired) electrons. The van der Waals surface area contributed by atoms with Gasteiger partial charge >= 0.3 is 0 Å². The van der Waals surface area contributed by atoms with Crippen LogP contribution in [0.2, 0.25) is 0 Å². The zero-order valence-electron chi connectivity index (χ0n) is 6.64. The van der Waals surface area contributed by atoms with Gasteiger partial charge in [-0.1, -0.05) is 0 Å². The van der Waals surface area contributed by atoms with Gasteiger partial charge in [-0.15, -0.1) is 11.3 Å². The van der Waals surface area contributed by atoms with Gasteiger partial charge in [-0.25, -0.2) is 4.98 Å². The van der Waals surface area contributed by atoms with Crippen molar-refractivity contribution in [2.45, 2.75) is 0 Å². The molecule has 2 N–H and O–H groups in total. The van der Waals surface area contributed by atoms with Crippen molar-refractivity contribution in [1.82, 2.24) is 4.98 Å². The first-order valence-electron chi connectivity index (χ1n) is 3.68. The zero-order chi connectivity index (χ0) is 9.26. The number of thiazole rings is 1. The average molecular weight is 193 g/mol. The van der Waals surface area contributed by atoms with Gasteiger partial charge in [0.1, 0.15) is 0 Å². The number of fused-ring (bicyclic) bond motifs is 1. The van der Waals surface area contributed by atoms with Gasteiger partial charge in [-0.2, -0.15) is 0 Å². The summed E-state index contributed by atoms with van der Waals surface area (Å²) in [6, 6.07) is 3.60. The fourth-order valence-electron chi connectivity index (χ4n) is 1.22. The molecule has 0 unspecified atom stereocenters. The van der Waals surface area contributed by atoms with Crippen molar-refractivity contribution in [1.29, 1.82) is 0 Å². The number of benzene rings is 1. The lowest BCUT2D eigenvalue weighted by Crippen LogP contribution is -2.25. The molecule has 0 atom stereocenters. The molecule has 0 aliphatic heterocycles. The molecular weight excluding hydrogens is 186 g/mol. The maximum atomic E-state index is 8.97. The molecule has 4 heteroatoms. The van der Waals surface area contributed by atoms with Crippen molar-refractivity contribution in [3.05, 3.63) is 28.1 Å². The Hall–Kier alpha value is -1.55. The number of nitrogens with zero attached hydrogens (tertiary/aromatic N) is 1. The van der Waals surface area contributed by atoms with Crippen molar-refractivity contribution >= 4 is 34.1 Å². The Morgan fingerprint density at radius 2 is 2.08 bits per heavy atom. The standard InChI is InChI=1S/C9H7NO2S/c11-3-6-1-2-8-9(7(6)4-12)10-5-13-8/h1-5,11-12H. The van der Waals surface area contributed by atoms with E-state index in [1.807, 2.05) is 6.07 Å². The lowest BCUT2D eigenvalue weighted by molar-refractivity contribution is 0.533. The maximum absolute atomic E-state index is 8.97. The predicted octanol–water partition coefficient (Wildman–Crippen LogP) is 0.888. The highest BCUT2D eigenvalue weighted by atomic mass is 32.1. The van der Waals surface area contributed by atoms with Gasteiger partial charge in [0.05, 0.1) is 28.3 Å². The Balaban J connectivity index is 3.09. The molecule has 2 aromatic rings. The minimum Gasteiger partial charge on any atom is -0.515 e. The van der Waals surface area contributed by atoms with Crippen LogP contribution < -0.4 is 10.4 Å². The van der Waals surface area contributed by atoms with Crippen LogP contribution in [0.4, 0.5) is 0 Å². The molecule has 1 heterocycles. The number of aliphatic hydroxyl groups is 2. The topological polar surface area (TPSA) is 53.4 Å².